The van der Waals surface area contributed by atoms with Gasteiger partial charge in [-0.15, -0.1) is 0 Å². The van der Waals surface area contributed by atoms with E-state index in [2.05, 4.69) is 4.98 Å². The van der Waals surface area contributed by atoms with Crippen LogP contribution < -0.4 is 4.74 Å². The minimum Gasteiger partial charge on any atom is -0.472 e. The molecule has 1 amide bonds. The number of pyridine rings is 1. The van der Waals surface area contributed by atoms with Crippen molar-refractivity contribution in [1.29, 1.82) is 0 Å². The van der Waals surface area contributed by atoms with Crippen LogP contribution in [0.3, 0.4) is 0 Å². The van der Waals surface area contributed by atoms with E-state index in [0.29, 0.717) is 23.9 Å². The van der Waals surface area contributed by atoms with Gasteiger partial charge >= 0.3 is 0 Å². The van der Waals surface area contributed by atoms with Crippen LogP contribution in [0.5, 0.6) is 5.88 Å². The molecular formula is C14H18N2O2. The van der Waals surface area contributed by atoms with Gasteiger partial charge in [-0.2, -0.15) is 0 Å². The van der Waals surface area contributed by atoms with E-state index in [1.165, 1.54) is 12.8 Å². The minimum atomic E-state index is 0.00301. The molecule has 1 aromatic rings. The molecule has 1 aliphatic carbocycles. The second kappa shape index (κ2) is 4.26. The van der Waals surface area contributed by atoms with E-state index >= 15 is 0 Å². The zero-order chi connectivity index (χ0) is 12.7. The lowest BCUT2D eigenvalue weighted by molar-refractivity contribution is 0.0711. The molecule has 3 rings (SSSR count). The zero-order valence-corrected chi connectivity index (χ0v) is 10.8. The maximum Gasteiger partial charge on any atom is 0.259 e. The third kappa shape index (κ3) is 2.19. The summed E-state index contributed by atoms with van der Waals surface area (Å²) >= 11 is 0. The van der Waals surface area contributed by atoms with Gasteiger partial charge in [0.1, 0.15) is 11.7 Å². The Morgan fingerprint density at radius 2 is 2.22 bits per heavy atom. The molecule has 0 saturated heterocycles. The lowest BCUT2D eigenvalue weighted by atomic mass is 10.2. The maximum atomic E-state index is 12.5. The van der Waals surface area contributed by atoms with Gasteiger partial charge in [0.2, 0.25) is 5.88 Å². The van der Waals surface area contributed by atoms with Crippen LogP contribution in [0.4, 0.5) is 0 Å². The second-order valence-corrected chi connectivity index (χ2v) is 5.39. The number of hydrogen-bond acceptors (Lipinski definition) is 3. The first-order valence-electron chi connectivity index (χ1n) is 6.57. The molecule has 4 heteroatoms. The highest BCUT2D eigenvalue weighted by Gasteiger charge is 2.32. The zero-order valence-electron chi connectivity index (χ0n) is 10.8. The van der Waals surface area contributed by atoms with Crippen molar-refractivity contribution in [2.24, 2.45) is 5.92 Å². The van der Waals surface area contributed by atoms with Crippen LogP contribution in [0.25, 0.3) is 0 Å². The monoisotopic (exact) mass is 246 g/mol. The summed E-state index contributed by atoms with van der Waals surface area (Å²) in [7, 11) is 0. The molecule has 1 fully saturated rings. The highest BCUT2D eigenvalue weighted by molar-refractivity contribution is 5.96. The Morgan fingerprint density at radius 3 is 2.94 bits per heavy atom. The average molecular weight is 246 g/mol. The molecule has 96 valence electrons. The fraction of sp³-hybridized carbons (Fsp3) is 0.571. The van der Waals surface area contributed by atoms with Crippen molar-refractivity contribution in [3.05, 3.63) is 23.4 Å². The first-order chi connectivity index (χ1) is 8.63. The second-order valence-electron chi connectivity index (χ2n) is 5.39. The molecule has 0 N–H and O–H groups in total. The van der Waals surface area contributed by atoms with Gasteiger partial charge in [-0.05, 0) is 44.7 Å². The number of rotatable bonds is 2. The maximum absolute atomic E-state index is 12.5. The summed E-state index contributed by atoms with van der Waals surface area (Å²) in [5, 5.41) is 0. The molecule has 0 aromatic carbocycles. The van der Waals surface area contributed by atoms with Gasteiger partial charge in [0.25, 0.3) is 5.91 Å². The van der Waals surface area contributed by atoms with E-state index in [-0.39, 0.29) is 12.0 Å². The van der Waals surface area contributed by atoms with E-state index in [4.69, 9.17) is 4.74 Å². The van der Waals surface area contributed by atoms with Crippen LogP contribution in [-0.4, -0.2) is 35.0 Å². The van der Waals surface area contributed by atoms with Crippen LogP contribution in [0.2, 0.25) is 0 Å². The van der Waals surface area contributed by atoms with Gasteiger partial charge in [-0.25, -0.2) is 4.98 Å². The molecule has 1 aliphatic heterocycles. The van der Waals surface area contributed by atoms with Crippen LogP contribution >= 0.6 is 0 Å². The quantitative estimate of drug-likeness (QED) is 0.801. The standard InChI is InChI=1S/C14H18N2O2/c1-9-3-6-12-13(15-9)18-10(2)7-16(14(12)17)8-11-4-5-11/h3,6,10-11H,4-5,7-8H2,1-2H3. The molecule has 1 saturated carbocycles. The Bertz CT molecular complexity index is 483. The van der Waals surface area contributed by atoms with Crippen molar-refractivity contribution < 1.29 is 9.53 Å². The van der Waals surface area contributed by atoms with Gasteiger partial charge < -0.3 is 9.64 Å². The number of amides is 1. The molecule has 1 aromatic heterocycles. The summed E-state index contributed by atoms with van der Waals surface area (Å²) in [6.45, 7) is 5.42. The highest BCUT2D eigenvalue weighted by atomic mass is 16.5. The first-order valence-corrected chi connectivity index (χ1v) is 6.57. The third-order valence-electron chi connectivity index (χ3n) is 3.48. The predicted molar refractivity (Wildman–Crippen MR) is 67.7 cm³/mol. The van der Waals surface area contributed by atoms with Crippen LogP contribution in [0.1, 0.15) is 35.8 Å². The van der Waals surface area contributed by atoms with Crippen molar-refractivity contribution in [3.8, 4) is 5.88 Å². The number of aromatic nitrogens is 1. The molecule has 0 bridgehead atoms. The first kappa shape index (κ1) is 11.5. The third-order valence-corrected chi connectivity index (χ3v) is 3.48. The number of nitrogens with zero attached hydrogens (tertiary/aromatic N) is 2. The van der Waals surface area contributed by atoms with Crippen molar-refractivity contribution in [2.45, 2.75) is 32.8 Å². The van der Waals surface area contributed by atoms with Crippen molar-refractivity contribution in [3.63, 3.8) is 0 Å². The molecule has 1 unspecified atom stereocenters. The number of hydrogen-bond donors (Lipinski definition) is 0. The predicted octanol–water partition coefficient (Wildman–Crippen LogP) is 2.02. The van der Waals surface area contributed by atoms with Gasteiger partial charge in [0.15, 0.2) is 0 Å². The molecular weight excluding hydrogens is 228 g/mol. The smallest absolute Gasteiger partial charge is 0.259 e. The SMILES string of the molecule is Cc1ccc2c(n1)OC(C)CN(CC1CC1)C2=O. The van der Waals surface area contributed by atoms with Crippen molar-refractivity contribution in [1.82, 2.24) is 9.88 Å². The van der Waals surface area contributed by atoms with E-state index in [1.807, 2.05) is 30.9 Å². The average Bonchev–Trinajstić information content (AvgIpc) is 3.11. The molecule has 18 heavy (non-hydrogen) atoms. The summed E-state index contributed by atoms with van der Waals surface area (Å²) in [4.78, 5) is 18.7. The summed E-state index contributed by atoms with van der Waals surface area (Å²) in [6, 6.07) is 3.70. The molecule has 4 nitrogen and oxygen atoms in total. The minimum absolute atomic E-state index is 0.00301. The Hall–Kier alpha value is -1.58. The molecule has 1 atom stereocenters. The highest BCUT2D eigenvalue weighted by Crippen LogP contribution is 2.32. The van der Waals surface area contributed by atoms with E-state index in [9.17, 15) is 4.79 Å². The molecule has 2 aliphatic rings. The number of carbonyl (C=O) groups excluding carboxylic acids is 1. The topological polar surface area (TPSA) is 42.4 Å². The normalized spacial score (nSPS) is 23.3. The van der Waals surface area contributed by atoms with Crippen LogP contribution in [-0.2, 0) is 0 Å². The summed E-state index contributed by atoms with van der Waals surface area (Å²) in [6.07, 6.45) is 2.50. The lowest BCUT2D eigenvalue weighted by Crippen LogP contribution is -2.37. The van der Waals surface area contributed by atoms with E-state index < -0.39 is 0 Å². The van der Waals surface area contributed by atoms with E-state index in [0.717, 1.165) is 12.2 Å². The van der Waals surface area contributed by atoms with Gasteiger partial charge in [0.05, 0.1) is 6.54 Å². The Morgan fingerprint density at radius 1 is 1.44 bits per heavy atom. The summed E-state index contributed by atoms with van der Waals surface area (Å²) in [5.74, 6) is 1.25. The van der Waals surface area contributed by atoms with Crippen molar-refractivity contribution >= 4 is 5.91 Å². The Balaban J connectivity index is 1.92. The van der Waals surface area contributed by atoms with Crippen LogP contribution in [0.15, 0.2) is 12.1 Å². The number of carbonyl (C=O) groups is 1. The number of ether oxygens (including phenoxy) is 1. The number of fused-ring (bicyclic) bond motifs is 1. The van der Waals surface area contributed by atoms with E-state index in [1.54, 1.807) is 0 Å². The van der Waals surface area contributed by atoms with Crippen molar-refractivity contribution in [2.75, 3.05) is 13.1 Å². The fourth-order valence-electron chi connectivity index (χ4n) is 2.35. The summed E-state index contributed by atoms with van der Waals surface area (Å²) < 4.78 is 5.77. The molecule has 0 radical (unpaired) electrons. The van der Waals surface area contributed by atoms with Gasteiger partial charge in [-0.1, -0.05) is 0 Å². The van der Waals surface area contributed by atoms with Crippen LogP contribution in [0, 0.1) is 12.8 Å². The molecule has 0 spiro atoms. The summed E-state index contributed by atoms with van der Waals surface area (Å²) in [5.41, 5.74) is 1.48. The lowest BCUT2D eigenvalue weighted by Gasteiger charge is -2.21. The Kier molecular flexibility index (Phi) is 2.73. The fourth-order valence-corrected chi connectivity index (χ4v) is 2.35. The number of aryl methyl sites for hydroxylation is 1. The van der Waals surface area contributed by atoms with Gasteiger partial charge in [-0.3, -0.25) is 4.79 Å². The van der Waals surface area contributed by atoms with Gasteiger partial charge in [0, 0.05) is 12.2 Å². The Labute approximate surface area is 107 Å². The largest absolute Gasteiger partial charge is 0.472 e. The molecule has 2 heterocycles.